The van der Waals surface area contributed by atoms with Crippen LogP contribution in [-0.4, -0.2) is 10.1 Å². The lowest BCUT2D eigenvalue weighted by Crippen LogP contribution is -1.85. The lowest BCUT2D eigenvalue weighted by Gasteiger charge is -2.06. The van der Waals surface area contributed by atoms with Gasteiger partial charge in [0, 0.05) is 10.7 Å². The average Bonchev–Trinajstić information content (AvgIpc) is 2.25. The summed E-state index contributed by atoms with van der Waals surface area (Å²) in [4.78, 5) is 5.14. The number of nitrogens with zero attached hydrogens (tertiary/aromatic N) is 1. The molecule has 82 valence electrons. The minimum absolute atomic E-state index is 0.289. The zero-order valence-corrected chi connectivity index (χ0v) is 11.0. The Labute approximate surface area is 107 Å². The second-order valence-electron chi connectivity index (χ2n) is 3.35. The molecule has 4 heteroatoms. The van der Waals surface area contributed by atoms with Gasteiger partial charge in [-0.05, 0) is 46.6 Å². The maximum atomic E-state index is 9.66. The van der Waals surface area contributed by atoms with Crippen LogP contribution in [0.2, 0.25) is 0 Å². The Bertz CT molecular complexity index is 516. The van der Waals surface area contributed by atoms with Crippen LogP contribution in [0.1, 0.15) is 5.56 Å². The van der Waals surface area contributed by atoms with E-state index in [1.54, 1.807) is 18.3 Å². The Balaban J connectivity index is 2.31. The molecule has 0 radical (unpaired) electrons. The molecule has 2 aromatic rings. The molecule has 0 aliphatic heterocycles. The zero-order valence-electron chi connectivity index (χ0n) is 8.64. The molecule has 0 atom stereocenters. The highest BCUT2D eigenvalue weighted by atomic mass is 79.9. The summed E-state index contributed by atoms with van der Waals surface area (Å²) in [5.41, 5.74) is 1.09. The maximum Gasteiger partial charge on any atom is 0.129 e. The van der Waals surface area contributed by atoms with Gasteiger partial charge in [0.1, 0.15) is 10.8 Å². The number of phenolic OH excluding ortho intramolecular Hbond substituents is 1. The molecule has 1 heterocycles. The van der Waals surface area contributed by atoms with Crippen LogP contribution in [0.15, 0.2) is 50.9 Å². The van der Waals surface area contributed by atoms with E-state index in [0.29, 0.717) is 0 Å². The second kappa shape index (κ2) is 4.89. The number of aromatic hydroxyl groups is 1. The first-order valence-electron chi connectivity index (χ1n) is 4.75. The minimum Gasteiger partial charge on any atom is -0.507 e. The number of pyridine rings is 1. The number of aryl methyl sites for hydroxylation is 1. The monoisotopic (exact) mass is 295 g/mol. The van der Waals surface area contributed by atoms with E-state index in [-0.39, 0.29) is 5.75 Å². The van der Waals surface area contributed by atoms with E-state index in [1.165, 1.54) is 11.8 Å². The molecule has 0 saturated heterocycles. The molecule has 0 fully saturated rings. The Morgan fingerprint density at radius 2 is 2.06 bits per heavy atom. The fourth-order valence-electron chi connectivity index (χ4n) is 1.28. The lowest BCUT2D eigenvalue weighted by atomic mass is 10.3. The third-order valence-corrected chi connectivity index (χ3v) is 3.69. The van der Waals surface area contributed by atoms with E-state index >= 15 is 0 Å². The second-order valence-corrected chi connectivity index (χ2v) is 5.29. The molecule has 0 spiro atoms. The van der Waals surface area contributed by atoms with Crippen molar-refractivity contribution in [2.45, 2.75) is 16.8 Å². The van der Waals surface area contributed by atoms with Crippen LogP contribution in [0.5, 0.6) is 5.75 Å². The fraction of sp³-hybridized carbons (Fsp3) is 0.0833. The highest BCUT2D eigenvalue weighted by molar-refractivity contribution is 9.10. The molecule has 0 bridgehead atoms. The number of benzene rings is 1. The molecular formula is C12H10BrNOS. The van der Waals surface area contributed by atoms with Gasteiger partial charge in [0.25, 0.3) is 0 Å². The van der Waals surface area contributed by atoms with Gasteiger partial charge < -0.3 is 5.11 Å². The van der Waals surface area contributed by atoms with Gasteiger partial charge in [-0.2, -0.15) is 0 Å². The van der Waals surface area contributed by atoms with Gasteiger partial charge in [0.05, 0.1) is 4.90 Å². The lowest BCUT2D eigenvalue weighted by molar-refractivity contribution is 0.462. The van der Waals surface area contributed by atoms with E-state index in [0.717, 1.165) is 20.0 Å². The largest absolute Gasteiger partial charge is 0.507 e. The number of phenols is 1. The van der Waals surface area contributed by atoms with Crippen LogP contribution in [0.25, 0.3) is 0 Å². The van der Waals surface area contributed by atoms with Crippen molar-refractivity contribution < 1.29 is 5.11 Å². The Morgan fingerprint density at radius 3 is 2.75 bits per heavy atom. The summed E-state index contributed by atoms with van der Waals surface area (Å²) in [6.07, 6.45) is 1.76. The zero-order chi connectivity index (χ0) is 11.5. The van der Waals surface area contributed by atoms with Crippen molar-refractivity contribution in [3.8, 4) is 5.75 Å². The topological polar surface area (TPSA) is 33.1 Å². The number of halogens is 1. The Kier molecular flexibility index (Phi) is 3.51. The first-order chi connectivity index (χ1) is 7.66. The van der Waals surface area contributed by atoms with E-state index in [4.69, 9.17) is 0 Å². The molecule has 1 N–H and O–H groups in total. The van der Waals surface area contributed by atoms with Gasteiger partial charge in [0.15, 0.2) is 0 Å². The third-order valence-electron chi connectivity index (χ3n) is 2.07. The van der Waals surface area contributed by atoms with Crippen LogP contribution in [-0.2, 0) is 0 Å². The summed E-state index contributed by atoms with van der Waals surface area (Å²) in [5.74, 6) is 0.289. The molecule has 0 saturated carbocycles. The summed E-state index contributed by atoms with van der Waals surface area (Å²) in [6, 6.07) is 9.27. The molecule has 16 heavy (non-hydrogen) atoms. The molecular weight excluding hydrogens is 286 g/mol. The molecule has 1 aromatic carbocycles. The van der Waals surface area contributed by atoms with E-state index in [2.05, 4.69) is 20.9 Å². The number of rotatable bonds is 2. The predicted molar refractivity (Wildman–Crippen MR) is 68.9 cm³/mol. The van der Waals surface area contributed by atoms with E-state index in [1.807, 2.05) is 25.1 Å². The summed E-state index contributed by atoms with van der Waals surface area (Å²) in [6.45, 7) is 2.00. The molecule has 2 nitrogen and oxygen atoms in total. The highest BCUT2D eigenvalue weighted by Gasteiger charge is 2.06. The van der Waals surface area contributed by atoms with Crippen molar-refractivity contribution in [3.05, 3.63) is 46.6 Å². The summed E-state index contributed by atoms with van der Waals surface area (Å²) < 4.78 is 0.964. The van der Waals surface area contributed by atoms with Crippen LogP contribution in [0.4, 0.5) is 0 Å². The maximum absolute atomic E-state index is 9.66. The summed E-state index contributed by atoms with van der Waals surface area (Å²) in [7, 11) is 0. The molecule has 0 amide bonds. The molecule has 0 aliphatic carbocycles. The summed E-state index contributed by atoms with van der Waals surface area (Å²) >= 11 is 4.84. The standard InChI is InChI=1S/C12H10BrNOS/c1-8-6-9(13)7-14-12(8)16-11-5-3-2-4-10(11)15/h2-7,15H,1H3. The molecule has 0 aliphatic rings. The van der Waals surface area contributed by atoms with Crippen LogP contribution < -0.4 is 0 Å². The fourth-order valence-corrected chi connectivity index (χ4v) is 2.58. The van der Waals surface area contributed by atoms with Crippen molar-refractivity contribution in [1.82, 2.24) is 4.98 Å². The SMILES string of the molecule is Cc1cc(Br)cnc1Sc1ccccc1O. The van der Waals surface area contributed by atoms with Crippen molar-refractivity contribution in [2.24, 2.45) is 0 Å². The van der Waals surface area contributed by atoms with Crippen molar-refractivity contribution in [1.29, 1.82) is 0 Å². The van der Waals surface area contributed by atoms with Gasteiger partial charge in [-0.25, -0.2) is 4.98 Å². The normalized spacial score (nSPS) is 10.4. The smallest absolute Gasteiger partial charge is 0.129 e. The predicted octanol–water partition coefficient (Wildman–Crippen LogP) is 4.01. The number of hydrogen-bond acceptors (Lipinski definition) is 3. The van der Waals surface area contributed by atoms with E-state index in [9.17, 15) is 5.11 Å². The molecule has 1 aromatic heterocycles. The highest BCUT2D eigenvalue weighted by Crippen LogP contribution is 2.34. The van der Waals surface area contributed by atoms with Gasteiger partial charge in [0.2, 0.25) is 0 Å². The van der Waals surface area contributed by atoms with E-state index < -0.39 is 0 Å². The minimum atomic E-state index is 0.289. The Hall–Kier alpha value is -1.00. The van der Waals surface area contributed by atoms with Crippen LogP contribution in [0, 0.1) is 6.92 Å². The van der Waals surface area contributed by atoms with Crippen molar-refractivity contribution in [2.75, 3.05) is 0 Å². The average molecular weight is 296 g/mol. The van der Waals surface area contributed by atoms with Gasteiger partial charge >= 0.3 is 0 Å². The van der Waals surface area contributed by atoms with Crippen molar-refractivity contribution >= 4 is 27.7 Å². The van der Waals surface area contributed by atoms with Crippen molar-refractivity contribution in [3.63, 3.8) is 0 Å². The van der Waals surface area contributed by atoms with Crippen LogP contribution in [0.3, 0.4) is 0 Å². The van der Waals surface area contributed by atoms with Crippen LogP contribution >= 0.6 is 27.7 Å². The molecule has 0 unspecified atom stereocenters. The molecule has 2 rings (SSSR count). The first kappa shape index (κ1) is 11.5. The quantitative estimate of drug-likeness (QED) is 0.909. The van der Waals surface area contributed by atoms with Gasteiger partial charge in [-0.3, -0.25) is 0 Å². The number of para-hydroxylation sites is 1. The third kappa shape index (κ3) is 2.57. The number of aromatic nitrogens is 1. The van der Waals surface area contributed by atoms with Gasteiger partial charge in [-0.1, -0.05) is 23.9 Å². The Morgan fingerprint density at radius 1 is 1.31 bits per heavy atom. The summed E-state index contributed by atoms with van der Waals surface area (Å²) in [5, 5.41) is 10.6. The van der Waals surface area contributed by atoms with Gasteiger partial charge in [-0.15, -0.1) is 0 Å². The first-order valence-corrected chi connectivity index (χ1v) is 6.36. The number of hydrogen-bond donors (Lipinski definition) is 1.